The third-order valence-electron chi connectivity index (χ3n) is 4.27. The number of nitrogens with one attached hydrogen (secondary N) is 1. The van der Waals surface area contributed by atoms with Crippen molar-refractivity contribution in [3.63, 3.8) is 0 Å². The highest BCUT2D eigenvalue weighted by molar-refractivity contribution is 5.90. The van der Waals surface area contributed by atoms with E-state index >= 15 is 0 Å². The highest BCUT2D eigenvalue weighted by atomic mass is 16.5. The van der Waals surface area contributed by atoms with Gasteiger partial charge in [0.15, 0.2) is 0 Å². The van der Waals surface area contributed by atoms with Gasteiger partial charge in [-0.1, -0.05) is 30.3 Å². The minimum atomic E-state index is -0.614. The molecule has 0 bridgehead atoms. The summed E-state index contributed by atoms with van der Waals surface area (Å²) in [5.74, 6) is 0.414. The molecule has 0 aliphatic carbocycles. The predicted octanol–water partition coefficient (Wildman–Crippen LogP) is 2.84. The largest absolute Gasteiger partial charge is 0.489 e. The number of aliphatic hydroxyl groups excluding tert-OH is 1. The van der Waals surface area contributed by atoms with Crippen LogP contribution in [0.2, 0.25) is 0 Å². The lowest BCUT2D eigenvalue weighted by molar-refractivity contribution is -0.114. The number of amides is 1. The second-order valence-electron chi connectivity index (χ2n) is 6.32. The van der Waals surface area contributed by atoms with Gasteiger partial charge in [0.05, 0.1) is 5.69 Å². The molecule has 3 rings (SSSR count). The first kappa shape index (κ1) is 17.3. The van der Waals surface area contributed by atoms with Gasteiger partial charge in [0.25, 0.3) is 0 Å². The number of nitrogens with zero attached hydrogens (tertiary/aromatic N) is 1. The Labute approximate surface area is 148 Å². The van der Waals surface area contributed by atoms with Gasteiger partial charge in [0.1, 0.15) is 18.5 Å². The summed E-state index contributed by atoms with van der Waals surface area (Å²) in [4.78, 5) is 13.5. The first-order valence-electron chi connectivity index (χ1n) is 8.64. The van der Waals surface area contributed by atoms with Crippen LogP contribution in [-0.2, 0) is 11.2 Å². The second kappa shape index (κ2) is 8.03. The molecule has 1 heterocycles. The average Bonchev–Trinajstić information content (AvgIpc) is 2.61. The highest BCUT2D eigenvalue weighted by Gasteiger charge is 2.19. The molecule has 0 saturated heterocycles. The van der Waals surface area contributed by atoms with Gasteiger partial charge in [0, 0.05) is 25.7 Å². The molecular weight excluding hydrogens is 316 g/mol. The molecule has 0 aromatic heterocycles. The van der Waals surface area contributed by atoms with Crippen molar-refractivity contribution in [2.75, 3.05) is 29.9 Å². The Hall–Kier alpha value is -2.53. The maximum Gasteiger partial charge on any atom is 0.221 e. The summed E-state index contributed by atoms with van der Waals surface area (Å²) in [5, 5.41) is 13.1. The molecule has 1 unspecified atom stereocenters. The van der Waals surface area contributed by atoms with Crippen LogP contribution in [0, 0.1) is 0 Å². The lowest BCUT2D eigenvalue weighted by atomic mass is 10.0. The fourth-order valence-electron chi connectivity index (χ4n) is 3.18. The number of carbonyl (C=O) groups excluding carboxylic acids is 1. The van der Waals surface area contributed by atoms with Gasteiger partial charge in [-0.2, -0.15) is 0 Å². The fourth-order valence-corrected chi connectivity index (χ4v) is 3.18. The van der Waals surface area contributed by atoms with Crippen molar-refractivity contribution in [2.45, 2.75) is 25.9 Å². The number of aliphatic hydroxyl groups is 1. The molecular formula is C20H24N2O3. The molecule has 0 spiro atoms. The van der Waals surface area contributed by atoms with E-state index in [2.05, 4.69) is 28.4 Å². The van der Waals surface area contributed by atoms with Gasteiger partial charge >= 0.3 is 0 Å². The van der Waals surface area contributed by atoms with Crippen molar-refractivity contribution >= 4 is 17.3 Å². The number of para-hydroxylation sites is 3. The van der Waals surface area contributed by atoms with Crippen LogP contribution in [0.5, 0.6) is 5.75 Å². The van der Waals surface area contributed by atoms with E-state index in [1.54, 1.807) is 12.1 Å². The number of fused-ring (bicyclic) bond motifs is 1. The van der Waals surface area contributed by atoms with E-state index in [0.717, 1.165) is 19.4 Å². The molecule has 1 atom stereocenters. The summed E-state index contributed by atoms with van der Waals surface area (Å²) in [5.41, 5.74) is 3.15. The average molecular weight is 340 g/mol. The van der Waals surface area contributed by atoms with E-state index in [4.69, 9.17) is 4.74 Å². The van der Waals surface area contributed by atoms with E-state index < -0.39 is 6.10 Å². The molecule has 5 heteroatoms. The SMILES string of the molecule is CC(=O)Nc1ccccc1OCC(O)CN1CCCc2ccccc21. The van der Waals surface area contributed by atoms with Gasteiger partial charge in [-0.15, -0.1) is 0 Å². The Morgan fingerprint density at radius 3 is 2.84 bits per heavy atom. The van der Waals surface area contributed by atoms with Crippen molar-refractivity contribution in [2.24, 2.45) is 0 Å². The molecule has 25 heavy (non-hydrogen) atoms. The van der Waals surface area contributed by atoms with Gasteiger partial charge in [-0.3, -0.25) is 4.79 Å². The number of anilines is 2. The maximum atomic E-state index is 11.3. The van der Waals surface area contributed by atoms with Crippen LogP contribution in [0.4, 0.5) is 11.4 Å². The molecule has 132 valence electrons. The molecule has 1 aliphatic heterocycles. The zero-order chi connectivity index (χ0) is 17.6. The van der Waals surface area contributed by atoms with Gasteiger partial charge in [-0.05, 0) is 36.6 Å². The zero-order valence-electron chi connectivity index (χ0n) is 14.4. The van der Waals surface area contributed by atoms with Crippen molar-refractivity contribution < 1.29 is 14.6 Å². The number of hydrogen-bond acceptors (Lipinski definition) is 4. The van der Waals surface area contributed by atoms with Gasteiger partial charge < -0.3 is 20.1 Å². The summed E-state index contributed by atoms with van der Waals surface area (Å²) in [7, 11) is 0. The first-order chi connectivity index (χ1) is 12.1. The third kappa shape index (κ3) is 4.51. The normalized spacial score (nSPS) is 14.6. The lowest BCUT2D eigenvalue weighted by Crippen LogP contribution is -2.38. The predicted molar refractivity (Wildman–Crippen MR) is 99.2 cm³/mol. The number of carbonyl (C=O) groups is 1. The van der Waals surface area contributed by atoms with E-state index in [1.165, 1.54) is 18.2 Å². The highest BCUT2D eigenvalue weighted by Crippen LogP contribution is 2.27. The van der Waals surface area contributed by atoms with E-state index in [-0.39, 0.29) is 12.5 Å². The van der Waals surface area contributed by atoms with Crippen LogP contribution in [0.15, 0.2) is 48.5 Å². The molecule has 2 aromatic rings. The number of aryl methyl sites for hydroxylation is 1. The Balaban J connectivity index is 1.59. The van der Waals surface area contributed by atoms with Crippen LogP contribution < -0.4 is 15.0 Å². The van der Waals surface area contributed by atoms with Crippen molar-refractivity contribution in [1.82, 2.24) is 0 Å². The minimum absolute atomic E-state index is 0.151. The Morgan fingerprint density at radius 1 is 1.24 bits per heavy atom. The molecule has 0 fully saturated rings. The van der Waals surface area contributed by atoms with Crippen molar-refractivity contribution in [3.05, 3.63) is 54.1 Å². The number of β-amino-alcohol motifs (C(OH)–C–C–N with tert-alkyl or cyclic N) is 1. The molecule has 1 amide bonds. The quantitative estimate of drug-likeness (QED) is 0.849. The third-order valence-corrected chi connectivity index (χ3v) is 4.27. The number of benzene rings is 2. The van der Waals surface area contributed by atoms with E-state index in [9.17, 15) is 9.90 Å². The molecule has 0 saturated carbocycles. The zero-order valence-corrected chi connectivity index (χ0v) is 14.4. The summed E-state index contributed by atoms with van der Waals surface area (Å²) < 4.78 is 5.74. The monoisotopic (exact) mass is 340 g/mol. The molecule has 1 aliphatic rings. The fraction of sp³-hybridized carbons (Fsp3) is 0.350. The number of hydrogen-bond donors (Lipinski definition) is 2. The van der Waals surface area contributed by atoms with Crippen LogP contribution in [0.25, 0.3) is 0 Å². The Bertz CT molecular complexity index is 732. The summed E-state index contributed by atoms with van der Waals surface area (Å²) in [6.45, 7) is 3.10. The molecule has 5 nitrogen and oxygen atoms in total. The van der Waals surface area contributed by atoms with Crippen molar-refractivity contribution in [3.8, 4) is 5.75 Å². The summed E-state index contributed by atoms with van der Waals surface area (Å²) in [6, 6.07) is 15.6. The van der Waals surface area contributed by atoms with Gasteiger partial charge in [-0.25, -0.2) is 0 Å². The maximum absolute atomic E-state index is 11.3. The van der Waals surface area contributed by atoms with Crippen LogP contribution >= 0.6 is 0 Å². The van der Waals surface area contributed by atoms with Crippen LogP contribution in [0.3, 0.4) is 0 Å². The molecule has 2 N–H and O–H groups in total. The lowest BCUT2D eigenvalue weighted by Gasteiger charge is -2.32. The number of rotatable bonds is 6. The van der Waals surface area contributed by atoms with E-state index in [1.807, 2.05) is 18.2 Å². The van der Waals surface area contributed by atoms with E-state index in [0.29, 0.717) is 18.0 Å². The second-order valence-corrected chi connectivity index (χ2v) is 6.32. The first-order valence-corrected chi connectivity index (χ1v) is 8.64. The van der Waals surface area contributed by atoms with Crippen LogP contribution in [-0.4, -0.2) is 36.8 Å². The van der Waals surface area contributed by atoms with Crippen LogP contribution in [0.1, 0.15) is 18.9 Å². The standard InChI is InChI=1S/C20H24N2O3/c1-15(23)21-18-9-3-5-11-20(18)25-14-17(24)13-22-12-6-8-16-7-2-4-10-19(16)22/h2-5,7,9-11,17,24H,6,8,12-14H2,1H3,(H,21,23). The smallest absolute Gasteiger partial charge is 0.221 e. The topological polar surface area (TPSA) is 61.8 Å². The number of ether oxygens (including phenoxy) is 1. The van der Waals surface area contributed by atoms with Crippen molar-refractivity contribution in [1.29, 1.82) is 0 Å². The molecule has 2 aromatic carbocycles. The van der Waals surface area contributed by atoms with Gasteiger partial charge in [0.2, 0.25) is 5.91 Å². The Morgan fingerprint density at radius 2 is 2.00 bits per heavy atom. The summed E-state index contributed by atoms with van der Waals surface area (Å²) >= 11 is 0. The minimum Gasteiger partial charge on any atom is -0.489 e. The summed E-state index contributed by atoms with van der Waals surface area (Å²) in [6.07, 6.45) is 1.57. The molecule has 0 radical (unpaired) electrons. The Kier molecular flexibility index (Phi) is 5.56.